The summed E-state index contributed by atoms with van der Waals surface area (Å²) in [5, 5.41) is 9.13. The Hall–Kier alpha value is -0.340. The SMILES string of the molecule is Cc1ccc(CC[C@H](C)O)cc1Br. The molecule has 13 heavy (non-hydrogen) atoms. The van der Waals surface area contributed by atoms with E-state index >= 15 is 0 Å². The molecule has 0 unspecified atom stereocenters. The maximum absolute atomic E-state index is 9.13. The number of aryl methyl sites for hydroxylation is 2. The first-order chi connectivity index (χ1) is 6.09. The largest absolute Gasteiger partial charge is 0.393 e. The molecule has 1 rings (SSSR count). The Labute approximate surface area is 87.9 Å². The molecule has 0 amide bonds. The molecule has 0 saturated heterocycles. The van der Waals surface area contributed by atoms with Gasteiger partial charge in [-0.3, -0.25) is 0 Å². The number of benzene rings is 1. The van der Waals surface area contributed by atoms with E-state index in [0.717, 1.165) is 17.3 Å². The van der Waals surface area contributed by atoms with E-state index in [9.17, 15) is 0 Å². The average Bonchev–Trinajstić information content (AvgIpc) is 2.07. The summed E-state index contributed by atoms with van der Waals surface area (Å²) in [7, 11) is 0. The molecule has 1 nitrogen and oxygen atoms in total. The van der Waals surface area contributed by atoms with Crippen molar-refractivity contribution in [1.82, 2.24) is 0 Å². The highest BCUT2D eigenvalue weighted by Crippen LogP contribution is 2.18. The van der Waals surface area contributed by atoms with Gasteiger partial charge in [0.25, 0.3) is 0 Å². The smallest absolute Gasteiger partial charge is 0.0515 e. The van der Waals surface area contributed by atoms with Gasteiger partial charge >= 0.3 is 0 Å². The normalized spacial score (nSPS) is 12.9. The summed E-state index contributed by atoms with van der Waals surface area (Å²) in [6.45, 7) is 3.89. The van der Waals surface area contributed by atoms with Crippen molar-refractivity contribution in [3.8, 4) is 0 Å². The monoisotopic (exact) mass is 242 g/mol. The van der Waals surface area contributed by atoms with Crippen LogP contribution in [-0.2, 0) is 6.42 Å². The molecule has 0 aliphatic heterocycles. The Morgan fingerprint density at radius 3 is 2.69 bits per heavy atom. The average molecular weight is 243 g/mol. The maximum atomic E-state index is 9.13. The Morgan fingerprint density at radius 2 is 2.15 bits per heavy atom. The van der Waals surface area contributed by atoms with E-state index in [2.05, 4.69) is 41.1 Å². The summed E-state index contributed by atoms with van der Waals surface area (Å²) in [5.74, 6) is 0. The highest BCUT2D eigenvalue weighted by molar-refractivity contribution is 9.10. The molecule has 0 heterocycles. The number of rotatable bonds is 3. The fourth-order valence-electron chi connectivity index (χ4n) is 1.17. The fourth-order valence-corrected chi connectivity index (χ4v) is 1.59. The van der Waals surface area contributed by atoms with Crippen molar-refractivity contribution >= 4 is 15.9 Å². The van der Waals surface area contributed by atoms with Crippen LogP contribution in [0.15, 0.2) is 22.7 Å². The zero-order chi connectivity index (χ0) is 9.84. The van der Waals surface area contributed by atoms with Gasteiger partial charge in [-0.05, 0) is 43.9 Å². The second-order valence-electron chi connectivity index (χ2n) is 3.47. The summed E-state index contributed by atoms with van der Waals surface area (Å²) in [6, 6.07) is 6.33. The van der Waals surface area contributed by atoms with Crippen LogP contribution in [-0.4, -0.2) is 11.2 Å². The van der Waals surface area contributed by atoms with E-state index in [1.165, 1.54) is 11.1 Å². The van der Waals surface area contributed by atoms with Crippen molar-refractivity contribution in [3.05, 3.63) is 33.8 Å². The summed E-state index contributed by atoms with van der Waals surface area (Å²) in [4.78, 5) is 0. The topological polar surface area (TPSA) is 20.2 Å². The molecule has 2 heteroatoms. The number of halogens is 1. The lowest BCUT2D eigenvalue weighted by atomic mass is 10.1. The quantitative estimate of drug-likeness (QED) is 0.864. The Bertz CT molecular complexity index is 281. The lowest BCUT2D eigenvalue weighted by Gasteiger charge is -2.05. The highest BCUT2D eigenvalue weighted by atomic mass is 79.9. The number of aliphatic hydroxyl groups is 1. The van der Waals surface area contributed by atoms with E-state index < -0.39 is 0 Å². The van der Waals surface area contributed by atoms with Crippen molar-refractivity contribution in [2.45, 2.75) is 32.8 Å². The predicted molar refractivity (Wildman–Crippen MR) is 58.9 cm³/mol. The number of hydrogen-bond acceptors (Lipinski definition) is 1. The molecule has 72 valence electrons. The van der Waals surface area contributed by atoms with Crippen molar-refractivity contribution in [2.75, 3.05) is 0 Å². The maximum Gasteiger partial charge on any atom is 0.0515 e. The van der Waals surface area contributed by atoms with E-state index in [1.54, 1.807) is 0 Å². The minimum Gasteiger partial charge on any atom is -0.393 e. The molecule has 0 aliphatic carbocycles. The standard InChI is InChI=1S/C11H15BrO/c1-8-3-5-10(7-11(8)12)6-4-9(2)13/h3,5,7,9,13H,4,6H2,1-2H3/t9-/m0/s1. The first kappa shape index (κ1) is 10.7. The Morgan fingerprint density at radius 1 is 1.46 bits per heavy atom. The van der Waals surface area contributed by atoms with Gasteiger partial charge in [0.05, 0.1) is 6.10 Å². The lowest BCUT2D eigenvalue weighted by molar-refractivity contribution is 0.185. The van der Waals surface area contributed by atoms with Crippen LogP contribution in [0.2, 0.25) is 0 Å². The summed E-state index contributed by atoms with van der Waals surface area (Å²) in [5.41, 5.74) is 2.53. The van der Waals surface area contributed by atoms with Crippen LogP contribution in [0.1, 0.15) is 24.5 Å². The van der Waals surface area contributed by atoms with E-state index in [-0.39, 0.29) is 6.10 Å². The highest BCUT2D eigenvalue weighted by Gasteiger charge is 2.00. The van der Waals surface area contributed by atoms with Crippen LogP contribution >= 0.6 is 15.9 Å². The minimum absolute atomic E-state index is 0.208. The summed E-state index contributed by atoms with van der Waals surface area (Å²) < 4.78 is 1.15. The second kappa shape index (κ2) is 4.77. The van der Waals surface area contributed by atoms with Gasteiger partial charge in [-0.1, -0.05) is 28.1 Å². The third-order valence-corrected chi connectivity index (χ3v) is 2.94. The van der Waals surface area contributed by atoms with E-state index in [4.69, 9.17) is 5.11 Å². The third kappa shape index (κ3) is 3.49. The van der Waals surface area contributed by atoms with Gasteiger partial charge in [-0.25, -0.2) is 0 Å². The van der Waals surface area contributed by atoms with Crippen LogP contribution in [0.4, 0.5) is 0 Å². The fraction of sp³-hybridized carbons (Fsp3) is 0.455. The first-order valence-corrected chi connectivity index (χ1v) is 5.32. The van der Waals surface area contributed by atoms with Gasteiger partial charge < -0.3 is 5.11 Å². The zero-order valence-corrected chi connectivity index (χ0v) is 9.63. The van der Waals surface area contributed by atoms with Crippen LogP contribution in [0.5, 0.6) is 0 Å². The molecule has 0 fully saturated rings. The molecule has 0 aromatic heterocycles. The van der Waals surface area contributed by atoms with Crippen LogP contribution in [0.3, 0.4) is 0 Å². The molecule has 0 radical (unpaired) electrons. The molecule has 0 aliphatic rings. The van der Waals surface area contributed by atoms with Gasteiger partial charge in [0.2, 0.25) is 0 Å². The van der Waals surface area contributed by atoms with Crippen molar-refractivity contribution in [1.29, 1.82) is 0 Å². The molecule has 0 spiro atoms. The van der Waals surface area contributed by atoms with Gasteiger partial charge in [0.1, 0.15) is 0 Å². The van der Waals surface area contributed by atoms with Gasteiger partial charge in [0, 0.05) is 4.47 Å². The molecule has 1 aromatic rings. The minimum atomic E-state index is -0.208. The van der Waals surface area contributed by atoms with Crippen molar-refractivity contribution in [2.24, 2.45) is 0 Å². The van der Waals surface area contributed by atoms with Crippen LogP contribution in [0.25, 0.3) is 0 Å². The second-order valence-corrected chi connectivity index (χ2v) is 4.33. The third-order valence-electron chi connectivity index (χ3n) is 2.09. The number of aliphatic hydroxyl groups excluding tert-OH is 1. The van der Waals surface area contributed by atoms with Crippen molar-refractivity contribution < 1.29 is 5.11 Å². The van der Waals surface area contributed by atoms with E-state index in [0.29, 0.717) is 0 Å². The molecular weight excluding hydrogens is 228 g/mol. The van der Waals surface area contributed by atoms with Crippen LogP contribution < -0.4 is 0 Å². The summed E-state index contributed by atoms with van der Waals surface area (Å²) >= 11 is 3.49. The molecule has 1 atom stereocenters. The molecule has 0 bridgehead atoms. The van der Waals surface area contributed by atoms with Crippen LogP contribution in [0, 0.1) is 6.92 Å². The zero-order valence-electron chi connectivity index (χ0n) is 8.05. The lowest BCUT2D eigenvalue weighted by Crippen LogP contribution is -2.01. The Kier molecular flexibility index (Phi) is 3.94. The number of hydrogen-bond donors (Lipinski definition) is 1. The molecule has 0 saturated carbocycles. The van der Waals surface area contributed by atoms with Gasteiger partial charge in [-0.15, -0.1) is 0 Å². The van der Waals surface area contributed by atoms with Gasteiger partial charge in [0.15, 0.2) is 0 Å². The molecular formula is C11H15BrO. The van der Waals surface area contributed by atoms with E-state index in [1.807, 2.05) is 6.92 Å². The van der Waals surface area contributed by atoms with Gasteiger partial charge in [-0.2, -0.15) is 0 Å². The predicted octanol–water partition coefficient (Wildman–Crippen LogP) is 3.07. The Balaban J connectivity index is 2.63. The molecule has 1 aromatic carbocycles. The molecule has 1 N–H and O–H groups in total. The van der Waals surface area contributed by atoms with Crippen molar-refractivity contribution in [3.63, 3.8) is 0 Å². The first-order valence-electron chi connectivity index (χ1n) is 4.52. The summed E-state index contributed by atoms with van der Waals surface area (Å²) in [6.07, 6.45) is 1.56.